The van der Waals surface area contributed by atoms with Crippen molar-refractivity contribution >= 4 is 23.5 Å². The molecule has 98 valence electrons. The molecule has 1 aromatic carbocycles. The second-order valence-corrected chi connectivity index (χ2v) is 4.35. The topological polar surface area (TPSA) is 81.8 Å². The number of aromatic hydroxyl groups is 1. The van der Waals surface area contributed by atoms with Crippen molar-refractivity contribution in [1.82, 2.24) is 0 Å². The van der Waals surface area contributed by atoms with Crippen LogP contribution in [0, 0.1) is 0 Å². The number of phenols is 1. The molecule has 1 rings (SSSR count). The van der Waals surface area contributed by atoms with E-state index in [0.717, 1.165) is 12.0 Å². The molecule has 0 fully saturated rings. The summed E-state index contributed by atoms with van der Waals surface area (Å²) in [4.78, 5) is 16.3. The van der Waals surface area contributed by atoms with Gasteiger partial charge in [-0.3, -0.25) is 4.79 Å². The zero-order valence-corrected chi connectivity index (χ0v) is 11.0. The molecule has 5 nitrogen and oxygen atoms in total. The largest absolute Gasteiger partial charge is 0.508 e. The summed E-state index contributed by atoms with van der Waals surface area (Å²) in [6, 6.07) is 6.12. The summed E-state index contributed by atoms with van der Waals surface area (Å²) in [7, 11) is 0. The molecular formula is C12H15NO4S. The number of hydrogen-bond donors (Lipinski definition) is 2. The molecule has 0 aliphatic heterocycles. The smallest absolute Gasteiger partial charge is 0.232 e. The Morgan fingerprint density at radius 3 is 2.50 bits per heavy atom. The first-order valence-electron chi connectivity index (χ1n) is 5.32. The van der Waals surface area contributed by atoms with Gasteiger partial charge in [-0.25, -0.2) is 0 Å². The maximum absolute atomic E-state index is 11.4. The minimum absolute atomic E-state index is 0.0540. The van der Waals surface area contributed by atoms with Crippen LogP contribution >= 0.6 is 12.0 Å². The van der Waals surface area contributed by atoms with E-state index in [1.54, 1.807) is 12.1 Å². The van der Waals surface area contributed by atoms with Gasteiger partial charge in [-0.1, -0.05) is 6.92 Å². The van der Waals surface area contributed by atoms with E-state index in [9.17, 15) is 9.90 Å². The number of rotatable bonds is 6. The van der Waals surface area contributed by atoms with Crippen LogP contribution in [0.3, 0.4) is 0 Å². The molecule has 0 saturated heterocycles. The van der Waals surface area contributed by atoms with Crippen molar-refractivity contribution in [3.63, 3.8) is 0 Å². The predicted molar refractivity (Wildman–Crippen MR) is 70.2 cm³/mol. The van der Waals surface area contributed by atoms with Crippen molar-refractivity contribution in [1.29, 1.82) is 0 Å². The fraction of sp³-hybridized carbons (Fsp3) is 0.250. The fourth-order valence-electron chi connectivity index (χ4n) is 1.17. The van der Waals surface area contributed by atoms with Gasteiger partial charge in [-0.2, -0.15) is 0 Å². The van der Waals surface area contributed by atoms with Crippen LogP contribution in [0.15, 0.2) is 30.0 Å². The van der Waals surface area contributed by atoms with Crippen LogP contribution in [-0.2, 0) is 14.0 Å². The van der Waals surface area contributed by atoms with Crippen LogP contribution in [-0.4, -0.2) is 16.6 Å². The Morgan fingerprint density at radius 2 is 2.00 bits per heavy atom. The van der Waals surface area contributed by atoms with Crippen molar-refractivity contribution in [2.45, 2.75) is 13.8 Å². The number of allylic oxidation sites excluding steroid dienone is 1. The van der Waals surface area contributed by atoms with E-state index in [0.29, 0.717) is 11.3 Å². The van der Waals surface area contributed by atoms with Crippen LogP contribution in [0.2, 0.25) is 0 Å². The highest BCUT2D eigenvalue weighted by Gasteiger charge is 2.14. The lowest BCUT2D eigenvalue weighted by atomic mass is 10.1. The average Bonchev–Trinajstić information content (AvgIpc) is 2.34. The Hall–Kier alpha value is -1.66. The van der Waals surface area contributed by atoms with Crippen molar-refractivity contribution in [3.05, 3.63) is 35.6 Å². The average molecular weight is 269 g/mol. The Labute approximate surface area is 110 Å². The predicted octanol–water partition coefficient (Wildman–Crippen LogP) is 2.22. The molecule has 1 aromatic rings. The van der Waals surface area contributed by atoms with Crippen molar-refractivity contribution in [2.75, 3.05) is 5.75 Å². The molecule has 0 bridgehead atoms. The number of phenolic OH excluding ortho intramolecular Hbond substituents is 1. The molecule has 0 radical (unpaired) electrons. The zero-order chi connectivity index (χ0) is 13.5. The normalized spacial score (nSPS) is 11.9. The van der Waals surface area contributed by atoms with E-state index < -0.39 is 0 Å². The van der Waals surface area contributed by atoms with Gasteiger partial charge >= 0.3 is 0 Å². The number of hydrogen-bond acceptors (Lipinski definition) is 6. The third-order valence-corrected chi connectivity index (χ3v) is 2.43. The lowest BCUT2D eigenvalue weighted by Crippen LogP contribution is -2.10. The minimum atomic E-state index is -0.336. The van der Waals surface area contributed by atoms with E-state index in [4.69, 9.17) is 15.0 Å². The zero-order valence-electron chi connectivity index (χ0n) is 10.2. The van der Waals surface area contributed by atoms with Gasteiger partial charge < -0.3 is 15.7 Å². The Balaban J connectivity index is 2.95. The first kappa shape index (κ1) is 14.4. The monoisotopic (exact) mass is 269 g/mol. The van der Waals surface area contributed by atoms with Gasteiger partial charge in [0.1, 0.15) is 5.75 Å². The summed E-state index contributed by atoms with van der Waals surface area (Å²) in [6.07, 6.45) is 0. The van der Waals surface area contributed by atoms with Gasteiger partial charge in [0.15, 0.2) is 0 Å². The van der Waals surface area contributed by atoms with Crippen LogP contribution in [0.4, 0.5) is 0 Å². The van der Waals surface area contributed by atoms with Crippen molar-refractivity contribution < 1.29 is 19.1 Å². The van der Waals surface area contributed by atoms with E-state index in [1.807, 2.05) is 6.92 Å². The maximum atomic E-state index is 11.4. The third-order valence-electron chi connectivity index (χ3n) is 2.03. The highest BCUT2D eigenvalue weighted by Crippen LogP contribution is 2.20. The molecule has 6 heteroatoms. The molecule has 3 N–H and O–H groups in total. The maximum Gasteiger partial charge on any atom is 0.232 e. The van der Waals surface area contributed by atoms with E-state index in [1.165, 1.54) is 19.1 Å². The minimum Gasteiger partial charge on any atom is -0.508 e. The fourth-order valence-corrected chi connectivity index (χ4v) is 1.38. The summed E-state index contributed by atoms with van der Waals surface area (Å²) >= 11 is 1.06. The molecule has 0 spiro atoms. The molecule has 18 heavy (non-hydrogen) atoms. The number of carbonyl (C=O) groups is 1. The van der Waals surface area contributed by atoms with Gasteiger partial charge in [0.05, 0.1) is 5.70 Å². The van der Waals surface area contributed by atoms with Crippen LogP contribution in [0.25, 0.3) is 5.70 Å². The van der Waals surface area contributed by atoms with Crippen molar-refractivity contribution in [2.24, 2.45) is 5.73 Å². The van der Waals surface area contributed by atoms with Crippen LogP contribution < -0.4 is 5.73 Å². The summed E-state index contributed by atoms with van der Waals surface area (Å²) < 4.78 is 4.78. The van der Waals surface area contributed by atoms with Gasteiger partial charge in [0, 0.05) is 30.3 Å². The Kier molecular flexibility index (Phi) is 5.54. The summed E-state index contributed by atoms with van der Waals surface area (Å²) in [5, 5.41) is 9.18. The third kappa shape index (κ3) is 3.97. The van der Waals surface area contributed by atoms with Gasteiger partial charge in [-0.15, -0.1) is 4.33 Å². The van der Waals surface area contributed by atoms with Gasteiger partial charge in [0.25, 0.3) is 0 Å². The molecule has 0 saturated carbocycles. The second kappa shape index (κ2) is 6.93. The molecule has 0 aliphatic rings. The number of Topliss-reactive ketones (excluding diaryl/α,β-unsaturated/α-hetero) is 1. The molecule has 0 amide bonds. The van der Waals surface area contributed by atoms with E-state index in [-0.39, 0.29) is 23.0 Å². The summed E-state index contributed by atoms with van der Waals surface area (Å²) in [6.45, 7) is 3.22. The highest BCUT2D eigenvalue weighted by atomic mass is 32.2. The Morgan fingerprint density at radius 1 is 1.39 bits per heavy atom. The van der Waals surface area contributed by atoms with Crippen LogP contribution in [0.1, 0.15) is 19.4 Å². The quantitative estimate of drug-likeness (QED) is 0.206. The summed E-state index contributed by atoms with van der Waals surface area (Å²) in [5.74, 6) is 0.415. The molecule has 0 heterocycles. The highest BCUT2D eigenvalue weighted by molar-refractivity contribution is 7.94. The molecule has 0 aliphatic carbocycles. The summed E-state index contributed by atoms with van der Waals surface area (Å²) in [5.41, 5.74) is 6.57. The number of benzene rings is 1. The molecule has 0 unspecified atom stereocenters. The first-order valence-corrected chi connectivity index (χ1v) is 6.23. The SMILES string of the molecule is CCSOO/C(C(C)=O)=C(\N)c1ccc(O)cc1. The van der Waals surface area contributed by atoms with E-state index >= 15 is 0 Å². The molecular weight excluding hydrogens is 254 g/mol. The number of carbonyl (C=O) groups excluding carboxylic acids is 1. The van der Waals surface area contributed by atoms with Crippen LogP contribution in [0.5, 0.6) is 5.75 Å². The van der Waals surface area contributed by atoms with E-state index in [2.05, 4.69) is 0 Å². The van der Waals surface area contributed by atoms with Gasteiger partial charge in [-0.05, 0) is 24.3 Å². The second-order valence-electron chi connectivity index (χ2n) is 3.40. The Bertz CT molecular complexity index is 442. The molecule has 0 aromatic heterocycles. The molecule has 0 atom stereocenters. The standard InChI is InChI=1S/C12H15NO4S/c1-3-18-17-16-12(8(2)14)11(13)9-4-6-10(15)7-5-9/h4-7,15H,3,13H2,1-2H3/b12-11-. The van der Waals surface area contributed by atoms with Crippen molar-refractivity contribution in [3.8, 4) is 5.75 Å². The lowest BCUT2D eigenvalue weighted by Gasteiger charge is -2.09. The van der Waals surface area contributed by atoms with Gasteiger partial charge in [0.2, 0.25) is 11.5 Å². The number of ketones is 1. The first-order chi connectivity index (χ1) is 8.56. The number of nitrogens with two attached hydrogens (primary N) is 1. The lowest BCUT2D eigenvalue weighted by molar-refractivity contribution is -0.158.